The summed E-state index contributed by atoms with van der Waals surface area (Å²) in [6, 6.07) is 7.45. The van der Waals surface area contributed by atoms with Crippen LogP contribution in [0.2, 0.25) is 0 Å². The number of para-hydroxylation sites is 2. The number of anilines is 2. The Morgan fingerprint density at radius 2 is 2.06 bits per heavy atom. The summed E-state index contributed by atoms with van der Waals surface area (Å²) in [7, 11) is 0. The highest BCUT2D eigenvalue weighted by atomic mass is 16.5. The van der Waals surface area contributed by atoms with E-state index in [0.717, 1.165) is 12.1 Å². The van der Waals surface area contributed by atoms with Gasteiger partial charge in [-0.3, -0.25) is 4.79 Å². The molecule has 0 bridgehead atoms. The molecule has 0 unspecified atom stereocenters. The van der Waals surface area contributed by atoms with E-state index in [9.17, 15) is 4.79 Å². The largest absolute Gasteiger partial charge is 0.397 e. The summed E-state index contributed by atoms with van der Waals surface area (Å²) < 4.78 is 5.22. The van der Waals surface area contributed by atoms with E-state index in [0.29, 0.717) is 31.9 Å². The lowest BCUT2D eigenvalue weighted by molar-refractivity contribution is -0.119. The first-order valence-corrected chi connectivity index (χ1v) is 6.43. The van der Waals surface area contributed by atoms with Gasteiger partial charge in [0.1, 0.15) is 0 Å². The molecule has 0 spiro atoms. The number of nitrogens with two attached hydrogens (primary N) is 1. The molecule has 1 aromatic carbocycles. The topological polar surface area (TPSA) is 55.6 Å². The minimum atomic E-state index is 0.0585. The number of ether oxygens (including phenoxy) is 1. The van der Waals surface area contributed by atoms with Gasteiger partial charge in [-0.05, 0) is 25.5 Å². The van der Waals surface area contributed by atoms with Crippen LogP contribution in [0.25, 0.3) is 0 Å². The van der Waals surface area contributed by atoms with Gasteiger partial charge in [0.2, 0.25) is 5.91 Å². The Labute approximate surface area is 109 Å². The Morgan fingerprint density at radius 3 is 2.67 bits per heavy atom. The van der Waals surface area contributed by atoms with E-state index in [4.69, 9.17) is 10.5 Å². The van der Waals surface area contributed by atoms with Crippen LogP contribution < -0.4 is 10.6 Å². The molecule has 1 aromatic rings. The molecule has 0 saturated heterocycles. The fraction of sp³-hybridized carbons (Fsp3) is 0.500. The van der Waals surface area contributed by atoms with Crippen LogP contribution in [0.15, 0.2) is 24.3 Å². The minimum Gasteiger partial charge on any atom is -0.397 e. The highest BCUT2D eigenvalue weighted by Crippen LogP contribution is 2.23. The Hall–Kier alpha value is -1.55. The predicted molar refractivity (Wildman–Crippen MR) is 74.6 cm³/mol. The molecule has 100 valence electrons. The number of carbonyl (C=O) groups is 1. The molecule has 0 aliphatic carbocycles. The van der Waals surface area contributed by atoms with Crippen molar-refractivity contribution in [1.29, 1.82) is 0 Å². The van der Waals surface area contributed by atoms with Crippen LogP contribution in [0.1, 0.15) is 26.7 Å². The molecule has 0 aromatic heterocycles. The van der Waals surface area contributed by atoms with Gasteiger partial charge in [0.05, 0.1) is 24.4 Å². The van der Waals surface area contributed by atoms with E-state index >= 15 is 0 Å². The number of nitrogen functional groups attached to an aromatic ring is 1. The molecule has 4 heteroatoms. The molecule has 1 rings (SSSR count). The molecule has 0 saturated carbocycles. The summed E-state index contributed by atoms with van der Waals surface area (Å²) in [4.78, 5) is 13.9. The van der Waals surface area contributed by atoms with Crippen molar-refractivity contribution in [2.45, 2.75) is 26.7 Å². The first kappa shape index (κ1) is 14.5. The summed E-state index contributed by atoms with van der Waals surface area (Å²) in [5, 5.41) is 0. The lowest BCUT2D eigenvalue weighted by Crippen LogP contribution is -2.33. The van der Waals surface area contributed by atoms with Gasteiger partial charge in [-0.25, -0.2) is 0 Å². The SMILES string of the molecule is CCCN(C(=O)CCOCC)c1ccccc1N. The summed E-state index contributed by atoms with van der Waals surface area (Å²) in [6.07, 6.45) is 1.29. The highest BCUT2D eigenvalue weighted by molar-refractivity contribution is 5.96. The Morgan fingerprint density at radius 1 is 1.33 bits per heavy atom. The first-order chi connectivity index (χ1) is 8.70. The summed E-state index contributed by atoms with van der Waals surface area (Å²) >= 11 is 0. The summed E-state index contributed by atoms with van der Waals surface area (Å²) in [5.41, 5.74) is 7.35. The third-order valence-electron chi connectivity index (χ3n) is 2.64. The maximum Gasteiger partial charge on any atom is 0.229 e. The van der Waals surface area contributed by atoms with Gasteiger partial charge in [0.25, 0.3) is 0 Å². The molecule has 0 aliphatic rings. The lowest BCUT2D eigenvalue weighted by atomic mass is 10.2. The van der Waals surface area contributed by atoms with E-state index in [2.05, 4.69) is 0 Å². The molecular weight excluding hydrogens is 228 g/mol. The molecule has 0 atom stereocenters. The van der Waals surface area contributed by atoms with Crippen LogP contribution in [0.5, 0.6) is 0 Å². The molecule has 0 fully saturated rings. The lowest BCUT2D eigenvalue weighted by Gasteiger charge is -2.23. The molecule has 0 aliphatic heterocycles. The normalized spacial score (nSPS) is 10.3. The van der Waals surface area contributed by atoms with Gasteiger partial charge >= 0.3 is 0 Å². The molecule has 4 nitrogen and oxygen atoms in total. The maximum atomic E-state index is 12.2. The van der Waals surface area contributed by atoms with E-state index in [1.807, 2.05) is 38.1 Å². The zero-order valence-electron chi connectivity index (χ0n) is 11.2. The molecule has 18 heavy (non-hydrogen) atoms. The second-order valence-electron chi connectivity index (χ2n) is 4.05. The smallest absolute Gasteiger partial charge is 0.229 e. The van der Waals surface area contributed by atoms with Crippen LogP contribution in [-0.2, 0) is 9.53 Å². The number of benzene rings is 1. The number of hydrogen-bond acceptors (Lipinski definition) is 3. The van der Waals surface area contributed by atoms with E-state index < -0.39 is 0 Å². The third kappa shape index (κ3) is 4.04. The van der Waals surface area contributed by atoms with Gasteiger partial charge in [-0.15, -0.1) is 0 Å². The minimum absolute atomic E-state index is 0.0585. The fourth-order valence-corrected chi connectivity index (χ4v) is 1.78. The van der Waals surface area contributed by atoms with Crippen molar-refractivity contribution in [3.63, 3.8) is 0 Å². The Kier molecular flexibility index (Phi) is 6.22. The quantitative estimate of drug-likeness (QED) is 0.597. The molecular formula is C14H22N2O2. The van der Waals surface area contributed by atoms with Crippen LogP contribution in [0.4, 0.5) is 11.4 Å². The molecule has 2 N–H and O–H groups in total. The van der Waals surface area contributed by atoms with E-state index in [1.54, 1.807) is 4.90 Å². The Bertz CT molecular complexity index is 380. The number of nitrogens with zero attached hydrogens (tertiary/aromatic N) is 1. The van der Waals surface area contributed by atoms with Crippen LogP contribution >= 0.6 is 0 Å². The first-order valence-electron chi connectivity index (χ1n) is 6.43. The third-order valence-corrected chi connectivity index (χ3v) is 2.64. The average molecular weight is 250 g/mol. The number of hydrogen-bond donors (Lipinski definition) is 1. The van der Waals surface area contributed by atoms with Gasteiger partial charge in [-0.1, -0.05) is 19.1 Å². The van der Waals surface area contributed by atoms with Gasteiger partial charge in [0, 0.05) is 13.2 Å². The fourth-order valence-electron chi connectivity index (χ4n) is 1.78. The monoisotopic (exact) mass is 250 g/mol. The van der Waals surface area contributed by atoms with Gasteiger partial charge in [0.15, 0.2) is 0 Å². The van der Waals surface area contributed by atoms with Gasteiger partial charge < -0.3 is 15.4 Å². The molecule has 1 amide bonds. The second-order valence-corrected chi connectivity index (χ2v) is 4.05. The van der Waals surface area contributed by atoms with Crippen molar-refractivity contribution in [2.24, 2.45) is 0 Å². The van der Waals surface area contributed by atoms with E-state index in [-0.39, 0.29) is 5.91 Å². The maximum absolute atomic E-state index is 12.2. The predicted octanol–water partition coefficient (Wildman–Crippen LogP) is 2.44. The van der Waals surface area contributed by atoms with Crippen molar-refractivity contribution in [3.05, 3.63) is 24.3 Å². The zero-order chi connectivity index (χ0) is 13.4. The molecule has 0 radical (unpaired) electrons. The van der Waals surface area contributed by atoms with Crippen molar-refractivity contribution in [3.8, 4) is 0 Å². The summed E-state index contributed by atoms with van der Waals surface area (Å²) in [5.74, 6) is 0.0585. The van der Waals surface area contributed by atoms with Crippen LogP contribution in [-0.4, -0.2) is 25.7 Å². The number of carbonyl (C=O) groups excluding carboxylic acids is 1. The van der Waals surface area contributed by atoms with Gasteiger partial charge in [-0.2, -0.15) is 0 Å². The second kappa shape index (κ2) is 7.71. The summed E-state index contributed by atoms with van der Waals surface area (Å²) in [6.45, 7) is 5.74. The highest BCUT2D eigenvalue weighted by Gasteiger charge is 2.16. The average Bonchev–Trinajstić information content (AvgIpc) is 2.37. The standard InChI is InChI=1S/C14H22N2O2/c1-3-10-16(14(17)9-11-18-4-2)13-8-6-5-7-12(13)15/h5-8H,3-4,9-11,15H2,1-2H3. The van der Waals surface area contributed by atoms with E-state index in [1.165, 1.54) is 0 Å². The van der Waals surface area contributed by atoms with Crippen molar-refractivity contribution in [2.75, 3.05) is 30.4 Å². The van der Waals surface area contributed by atoms with Crippen molar-refractivity contribution < 1.29 is 9.53 Å². The van der Waals surface area contributed by atoms with Crippen molar-refractivity contribution in [1.82, 2.24) is 0 Å². The van der Waals surface area contributed by atoms with Crippen LogP contribution in [0.3, 0.4) is 0 Å². The zero-order valence-corrected chi connectivity index (χ0v) is 11.2. The number of rotatable bonds is 7. The molecule has 0 heterocycles. The van der Waals surface area contributed by atoms with Crippen LogP contribution in [0, 0.1) is 0 Å². The Balaban J connectivity index is 2.76. The number of amides is 1. The van der Waals surface area contributed by atoms with Crippen molar-refractivity contribution >= 4 is 17.3 Å².